The van der Waals surface area contributed by atoms with E-state index in [0.29, 0.717) is 15.8 Å². The van der Waals surface area contributed by atoms with Crippen LogP contribution >= 0.6 is 24.6 Å². The number of imidazole rings is 1. The second kappa shape index (κ2) is 4.92. The number of allylic oxidation sites excluding steroid dienone is 1. The van der Waals surface area contributed by atoms with Crippen molar-refractivity contribution in [1.29, 1.82) is 0 Å². The number of hydrogen-bond acceptors (Lipinski definition) is 5. The van der Waals surface area contributed by atoms with Gasteiger partial charge in [-0.3, -0.25) is 0 Å². The highest BCUT2D eigenvalue weighted by molar-refractivity contribution is 7.71. The minimum Gasteiger partial charge on any atom is -0.394 e. The monoisotopic (exact) mass is 299 g/mol. The lowest BCUT2D eigenvalue weighted by Crippen LogP contribution is -2.33. The zero-order valence-corrected chi connectivity index (χ0v) is 11.7. The second-order valence-corrected chi connectivity index (χ2v) is 4.83. The lowest BCUT2D eigenvalue weighted by atomic mass is 10.0. The highest BCUT2D eigenvalue weighted by atomic mass is 35.5. The lowest BCUT2D eigenvalue weighted by molar-refractivity contribution is 0.174. The van der Waals surface area contributed by atoms with Gasteiger partial charge in [-0.1, -0.05) is 24.4 Å². The lowest BCUT2D eigenvalue weighted by Gasteiger charge is -2.27. The van der Waals surface area contributed by atoms with E-state index in [9.17, 15) is 5.11 Å². The molecule has 0 fully saturated rings. The first-order valence-electron chi connectivity index (χ1n) is 5.68. The zero-order valence-electron chi connectivity index (χ0n) is 10.0. The Morgan fingerprint density at radius 2 is 2.37 bits per heavy atom. The fourth-order valence-corrected chi connectivity index (χ4v) is 2.65. The highest BCUT2D eigenvalue weighted by Crippen LogP contribution is 2.32. The van der Waals surface area contributed by atoms with Gasteiger partial charge in [0.15, 0.2) is 10.6 Å². The summed E-state index contributed by atoms with van der Waals surface area (Å²) >= 11 is 5.13. The van der Waals surface area contributed by atoms with Crippen LogP contribution in [0.3, 0.4) is 0 Å². The van der Waals surface area contributed by atoms with Crippen molar-refractivity contribution in [1.82, 2.24) is 19.5 Å². The van der Waals surface area contributed by atoms with E-state index in [0.717, 1.165) is 12.8 Å². The molecule has 1 atom stereocenters. The van der Waals surface area contributed by atoms with E-state index in [4.69, 9.17) is 18.0 Å². The SMILES string of the molecule is Cl.Nc1nc(=S)c2ncn(C3(CO)C=CCC3)c2[nH]1. The molecule has 2 heterocycles. The number of aliphatic hydroxyl groups excluding tert-OH is 1. The number of nitrogens with two attached hydrogens (primary N) is 1. The summed E-state index contributed by atoms with van der Waals surface area (Å²) in [6, 6.07) is 0. The standard InChI is InChI=1S/C11H13N5OS.ClH/c12-10-14-8-7(9(18)15-10)13-6-16(8)11(5-17)3-1-2-4-11;/h1,3,6,17H,2,4-5H2,(H3,12,14,15,18);1H. The molecule has 0 radical (unpaired) electrons. The summed E-state index contributed by atoms with van der Waals surface area (Å²) in [5, 5.41) is 9.70. The summed E-state index contributed by atoms with van der Waals surface area (Å²) in [5.41, 5.74) is 6.53. The number of rotatable bonds is 2. The number of H-pyrrole nitrogens is 1. The van der Waals surface area contributed by atoms with E-state index in [1.165, 1.54) is 0 Å². The fourth-order valence-electron chi connectivity index (χ4n) is 2.40. The molecule has 102 valence electrons. The van der Waals surface area contributed by atoms with Gasteiger partial charge in [-0.05, 0) is 12.8 Å². The number of halogens is 1. The third kappa shape index (κ3) is 2.03. The fraction of sp³-hybridized carbons (Fsp3) is 0.364. The van der Waals surface area contributed by atoms with Gasteiger partial charge < -0.3 is 20.4 Å². The van der Waals surface area contributed by atoms with Crippen LogP contribution in [0.1, 0.15) is 12.8 Å². The Morgan fingerprint density at radius 1 is 1.58 bits per heavy atom. The maximum atomic E-state index is 9.70. The van der Waals surface area contributed by atoms with Crippen LogP contribution in [0, 0.1) is 4.64 Å². The molecule has 1 unspecified atom stereocenters. The first-order valence-corrected chi connectivity index (χ1v) is 6.09. The van der Waals surface area contributed by atoms with Crippen LogP contribution in [0.2, 0.25) is 0 Å². The van der Waals surface area contributed by atoms with Crippen molar-refractivity contribution in [2.24, 2.45) is 0 Å². The van der Waals surface area contributed by atoms with Gasteiger partial charge in [0.2, 0.25) is 0 Å². The molecule has 1 aliphatic rings. The number of hydrogen-bond donors (Lipinski definition) is 3. The van der Waals surface area contributed by atoms with E-state index in [1.807, 2.05) is 10.6 Å². The third-order valence-corrected chi connectivity index (χ3v) is 3.65. The average Bonchev–Trinajstić information content (AvgIpc) is 2.95. The molecule has 6 nitrogen and oxygen atoms in total. The first kappa shape index (κ1) is 14.0. The van der Waals surface area contributed by atoms with Crippen LogP contribution in [0.25, 0.3) is 11.2 Å². The minimum absolute atomic E-state index is 0. The topological polar surface area (TPSA) is 92.8 Å². The Hall–Kier alpha value is -1.44. The predicted octanol–water partition coefficient (Wildman–Crippen LogP) is 1.53. The molecule has 8 heteroatoms. The Kier molecular flexibility index (Phi) is 3.62. The molecule has 4 N–H and O–H groups in total. The van der Waals surface area contributed by atoms with Crippen molar-refractivity contribution in [3.63, 3.8) is 0 Å². The summed E-state index contributed by atoms with van der Waals surface area (Å²) < 4.78 is 2.26. The quantitative estimate of drug-likeness (QED) is 0.578. The maximum Gasteiger partial charge on any atom is 0.200 e. The van der Waals surface area contributed by atoms with Crippen LogP contribution in [-0.4, -0.2) is 31.2 Å². The molecular weight excluding hydrogens is 286 g/mol. The van der Waals surface area contributed by atoms with E-state index >= 15 is 0 Å². The first-order chi connectivity index (χ1) is 8.66. The summed E-state index contributed by atoms with van der Waals surface area (Å²) in [6.45, 7) is 0.0117. The second-order valence-electron chi connectivity index (χ2n) is 4.44. The Morgan fingerprint density at radius 3 is 3.00 bits per heavy atom. The largest absolute Gasteiger partial charge is 0.394 e. The molecule has 0 bridgehead atoms. The van der Waals surface area contributed by atoms with E-state index in [1.54, 1.807) is 6.33 Å². The van der Waals surface area contributed by atoms with Gasteiger partial charge in [0, 0.05) is 0 Å². The average molecular weight is 300 g/mol. The molecule has 19 heavy (non-hydrogen) atoms. The number of anilines is 1. The predicted molar refractivity (Wildman–Crippen MR) is 77.8 cm³/mol. The van der Waals surface area contributed by atoms with Crippen LogP contribution in [0.5, 0.6) is 0 Å². The molecule has 3 rings (SSSR count). The molecule has 2 aromatic rings. The van der Waals surface area contributed by atoms with Crippen LogP contribution in [-0.2, 0) is 5.54 Å². The molecule has 0 aliphatic heterocycles. The molecule has 0 amide bonds. The van der Waals surface area contributed by atoms with Crippen molar-refractivity contribution in [2.75, 3.05) is 12.3 Å². The number of nitrogen functional groups attached to an aromatic ring is 1. The number of nitrogens with zero attached hydrogens (tertiary/aromatic N) is 3. The Labute approximate surface area is 120 Å². The Balaban J connectivity index is 0.00000133. The molecule has 0 saturated carbocycles. The van der Waals surface area contributed by atoms with Crippen LogP contribution < -0.4 is 5.73 Å². The summed E-state index contributed by atoms with van der Waals surface area (Å²) in [6.07, 6.45) is 7.49. The number of fused-ring (bicyclic) bond motifs is 1. The number of nitrogens with one attached hydrogen (secondary N) is 1. The highest BCUT2D eigenvalue weighted by Gasteiger charge is 2.32. The van der Waals surface area contributed by atoms with Crippen molar-refractivity contribution in [2.45, 2.75) is 18.4 Å². The molecule has 0 spiro atoms. The zero-order chi connectivity index (χ0) is 12.8. The summed E-state index contributed by atoms with van der Waals surface area (Å²) in [5.74, 6) is 0.254. The van der Waals surface area contributed by atoms with Crippen molar-refractivity contribution >= 4 is 41.7 Å². The van der Waals surface area contributed by atoms with Crippen LogP contribution in [0.4, 0.5) is 5.95 Å². The van der Waals surface area contributed by atoms with E-state index in [-0.39, 0.29) is 25.0 Å². The van der Waals surface area contributed by atoms with Crippen LogP contribution in [0.15, 0.2) is 18.5 Å². The van der Waals surface area contributed by atoms with Crippen molar-refractivity contribution < 1.29 is 5.11 Å². The van der Waals surface area contributed by atoms with Gasteiger partial charge in [-0.2, -0.15) is 0 Å². The Bertz CT molecular complexity index is 694. The molecule has 2 aromatic heterocycles. The maximum absolute atomic E-state index is 9.70. The minimum atomic E-state index is -0.458. The van der Waals surface area contributed by atoms with Gasteiger partial charge in [0.1, 0.15) is 11.2 Å². The number of aromatic amines is 1. The molecule has 1 aliphatic carbocycles. The van der Waals surface area contributed by atoms with Crippen molar-refractivity contribution in [3.05, 3.63) is 23.1 Å². The van der Waals surface area contributed by atoms with Gasteiger partial charge in [0.25, 0.3) is 0 Å². The molecule has 0 saturated heterocycles. The number of aromatic nitrogens is 4. The summed E-state index contributed by atoms with van der Waals surface area (Å²) in [7, 11) is 0. The van der Waals surface area contributed by atoms with Crippen molar-refractivity contribution in [3.8, 4) is 0 Å². The molecular formula is C11H14ClN5OS. The van der Waals surface area contributed by atoms with Gasteiger partial charge in [0.05, 0.1) is 18.5 Å². The normalized spacial score (nSPS) is 21.7. The molecule has 0 aromatic carbocycles. The third-order valence-electron chi connectivity index (χ3n) is 3.36. The van der Waals surface area contributed by atoms with E-state index < -0.39 is 5.54 Å². The van der Waals surface area contributed by atoms with E-state index in [2.05, 4.69) is 21.0 Å². The smallest absolute Gasteiger partial charge is 0.200 e. The van der Waals surface area contributed by atoms with Gasteiger partial charge >= 0.3 is 0 Å². The summed E-state index contributed by atoms with van der Waals surface area (Å²) in [4.78, 5) is 11.2. The van der Waals surface area contributed by atoms with Gasteiger partial charge in [-0.15, -0.1) is 12.4 Å². The van der Waals surface area contributed by atoms with Gasteiger partial charge in [-0.25, -0.2) is 9.97 Å². The number of aliphatic hydroxyl groups is 1.